The predicted molar refractivity (Wildman–Crippen MR) is 105 cm³/mol. The summed E-state index contributed by atoms with van der Waals surface area (Å²) in [5, 5.41) is 5.95. The first-order chi connectivity index (χ1) is 12.6. The third kappa shape index (κ3) is 4.63. The molecular formula is C21H26N4O. The van der Waals surface area contributed by atoms with Crippen LogP contribution in [0, 0.1) is 6.92 Å². The lowest BCUT2D eigenvalue weighted by atomic mass is 10.1. The number of rotatable bonds is 7. The van der Waals surface area contributed by atoms with Crippen LogP contribution in [-0.4, -0.2) is 28.2 Å². The van der Waals surface area contributed by atoms with E-state index in [-0.39, 0.29) is 12.1 Å². The maximum absolute atomic E-state index is 12.1. The van der Waals surface area contributed by atoms with Gasteiger partial charge >= 0.3 is 6.03 Å². The molecule has 3 rings (SSSR count). The van der Waals surface area contributed by atoms with E-state index in [1.165, 1.54) is 5.56 Å². The molecule has 1 aromatic heterocycles. The molecule has 0 aliphatic heterocycles. The molecule has 1 atom stereocenters. The van der Waals surface area contributed by atoms with E-state index in [1.54, 1.807) is 0 Å². The number of para-hydroxylation sites is 2. The molecule has 5 heteroatoms. The average Bonchev–Trinajstić information content (AvgIpc) is 2.96. The zero-order valence-electron chi connectivity index (χ0n) is 15.4. The molecule has 0 bridgehead atoms. The number of amides is 2. The monoisotopic (exact) mass is 350 g/mol. The Balaban J connectivity index is 1.43. The zero-order chi connectivity index (χ0) is 18.4. The Kier molecular flexibility index (Phi) is 5.89. The largest absolute Gasteiger partial charge is 0.336 e. The van der Waals surface area contributed by atoms with Crippen LogP contribution in [0.1, 0.15) is 24.7 Å². The zero-order valence-corrected chi connectivity index (χ0v) is 15.4. The molecule has 1 heterocycles. The third-order valence-electron chi connectivity index (χ3n) is 4.55. The quantitative estimate of drug-likeness (QED) is 0.683. The number of aryl methyl sites for hydroxylation is 2. The predicted octanol–water partition coefficient (Wildman–Crippen LogP) is 3.67. The summed E-state index contributed by atoms with van der Waals surface area (Å²) < 4.78 is 2.13. The van der Waals surface area contributed by atoms with Crippen molar-refractivity contribution in [2.24, 2.45) is 0 Å². The smallest absolute Gasteiger partial charge is 0.315 e. The minimum Gasteiger partial charge on any atom is -0.336 e. The molecule has 26 heavy (non-hydrogen) atoms. The number of benzene rings is 2. The molecule has 0 saturated carbocycles. The number of carbonyl (C=O) groups excluding carboxylic acids is 1. The second-order valence-electron chi connectivity index (χ2n) is 6.62. The summed E-state index contributed by atoms with van der Waals surface area (Å²) in [6, 6.07) is 18.4. The van der Waals surface area contributed by atoms with Crippen molar-refractivity contribution in [3.63, 3.8) is 0 Å². The fourth-order valence-electron chi connectivity index (χ4n) is 3.13. The molecule has 0 fully saturated rings. The highest BCUT2D eigenvalue weighted by molar-refractivity contribution is 5.76. The molecule has 0 saturated heterocycles. The van der Waals surface area contributed by atoms with E-state index in [9.17, 15) is 4.79 Å². The number of fused-ring (bicyclic) bond motifs is 1. The number of aromatic nitrogens is 2. The Labute approximate surface area is 154 Å². The number of carbonyl (C=O) groups is 1. The van der Waals surface area contributed by atoms with Crippen LogP contribution in [0.2, 0.25) is 0 Å². The number of hydrogen-bond donors (Lipinski definition) is 2. The number of imidazole rings is 1. The van der Waals surface area contributed by atoms with Gasteiger partial charge in [0.15, 0.2) is 0 Å². The van der Waals surface area contributed by atoms with Crippen molar-refractivity contribution >= 4 is 17.1 Å². The van der Waals surface area contributed by atoms with Crippen molar-refractivity contribution in [2.45, 2.75) is 39.3 Å². The highest BCUT2D eigenvalue weighted by Gasteiger charge is 2.09. The van der Waals surface area contributed by atoms with Crippen molar-refractivity contribution < 1.29 is 4.79 Å². The summed E-state index contributed by atoms with van der Waals surface area (Å²) in [4.78, 5) is 16.6. The highest BCUT2D eigenvalue weighted by atomic mass is 16.2. The summed E-state index contributed by atoms with van der Waals surface area (Å²) in [5.41, 5.74) is 3.39. The molecule has 0 spiro atoms. The van der Waals surface area contributed by atoms with Crippen molar-refractivity contribution in [3.05, 3.63) is 66.0 Å². The SMILES string of the molecule is Cc1nc2ccccc2n1CCNC(=O)NC(C)CCc1ccccc1. The average molecular weight is 350 g/mol. The molecule has 0 aliphatic rings. The number of nitrogens with one attached hydrogen (secondary N) is 2. The molecule has 136 valence electrons. The molecular weight excluding hydrogens is 324 g/mol. The van der Waals surface area contributed by atoms with Gasteiger partial charge in [0, 0.05) is 19.1 Å². The van der Waals surface area contributed by atoms with Gasteiger partial charge in [-0.1, -0.05) is 42.5 Å². The van der Waals surface area contributed by atoms with Crippen molar-refractivity contribution in [1.29, 1.82) is 0 Å². The first kappa shape index (κ1) is 18.0. The first-order valence-electron chi connectivity index (χ1n) is 9.13. The summed E-state index contributed by atoms with van der Waals surface area (Å²) >= 11 is 0. The fourth-order valence-corrected chi connectivity index (χ4v) is 3.13. The van der Waals surface area contributed by atoms with Crippen LogP contribution >= 0.6 is 0 Å². The molecule has 2 amide bonds. The fraction of sp³-hybridized carbons (Fsp3) is 0.333. The maximum atomic E-state index is 12.1. The lowest BCUT2D eigenvalue weighted by Crippen LogP contribution is -2.42. The van der Waals surface area contributed by atoms with Gasteiger partial charge in [0.25, 0.3) is 0 Å². The van der Waals surface area contributed by atoms with Crippen LogP contribution in [0.15, 0.2) is 54.6 Å². The summed E-state index contributed by atoms with van der Waals surface area (Å²) in [5.74, 6) is 0.963. The van der Waals surface area contributed by atoms with Gasteiger partial charge in [0.05, 0.1) is 11.0 Å². The lowest BCUT2D eigenvalue weighted by Gasteiger charge is -2.15. The van der Waals surface area contributed by atoms with Gasteiger partial charge in [-0.15, -0.1) is 0 Å². The molecule has 1 unspecified atom stereocenters. The third-order valence-corrected chi connectivity index (χ3v) is 4.55. The Morgan fingerprint density at radius 2 is 1.85 bits per heavy atom. The van der Waals surface area contributed by atoms with Gasteiger partial charge in [0.1, 0.15) is 5.82 Å². The molecule has 0 radical (unpaired) electrons. The van der Waals surface area contributed by atoms with Crippen LogP contribution in [0.4, 0.5) is 4.79 Å². The van der Waals surface area contributed by atoms with Crippen LogP contribution in [0.3, 0.4) is 0 Å². The maximum Gasteiger partial charge on any atom is 0.315 e. The van der Waals surface area contributed by atoms with Crippen molar-refractivity contribution in [1.82, 2.24) is 20.2 Å². The van der Waals surface area contributed by atoms with E-state index in [2.05, 4.69) is 38.4 Å². The van der Waals surface area contributed by atoms with Crippen molar-refractivity contribution in [2.75, 3.05) is 6.54 Å². The Bertz CT molecular complexity index is 857. The summed E-state index contributed by atoms with van der Waals surface area (Å²) in [6.45, 7) is 5.30. The minimum atomic E-state index is -0.118. The first-order valence-corrected chi connectivity index (χ1v) is 9.13. The minimum absolute atomic E-state index is 0.118. The van der Waals surface area contributed by atoms with E-state index in [0.717, 1.165) is 29.7 Å². The van der Waals surface area contributed by atoms with Gasteiger partial charge in [-0.05, 0) is 44.4 Å². The molecule has 5 nitrogen and oxygen atoms in total. The second-order valence-corrected chi connectivity index (χ2v) is 6.62. The van der Waals surface area contributed by atoms with Crippen LogP contribution in [0.25, 0.3) is 11.0 Å². The second kappa shape index (κ2) is 8.52. The van der Waals surface area contributed by atoms with Crippen LogP contribution in [0.5, 0.6) is 0 Å². The topological polar surface area (TPSA) is 59.0 Å². The Morgan fingerprint density at radius 1 is 1.12 bits per heavy atom. The van der Waals surface area contributed by atoms with E-state index in [4.69, 9.17) is 0 Å². The Morgan fingerprint density at radius 3 is 2.65 bits per heavy atom. The van der Waals surface area contributed by atoms with E-state index < -0.39 is 0 Å². The number of urea groups is 1. The van der Waals surface area contributed by atoms with Gasteiger partial charge in [-0.3, -0.25) is 0 Å². The van der Waals surface area contributed by atoms with Gasteiger partial charge in [-0.2, -0.15) is 0 Å². The molecule has 0 aliphatic carbocycles. The van der Waals surface area contributed by atoms with Crippen LogP contribution < -0.4 is 10.6 Å². The number of hydrogen-bond acceptors (Lipinski definition) is 2. The van der Waals surface area contributed by atoms with E-state index >= 15 is 0 Å². The highest BCUT2D eigenvalue weighted by Crippen LogP contribution is 2.14. The molecule has 2 N–H and O–H groups in total. The summed E-state index contributed by atoms with van der Waals surface area (Å²) in [7, 11) is 0. The van der Waals surface area contributed by atoms with Gasteiger partial charge in [0.2, 0.25) is 0 Å². The van der Waals surface area contributed by atoms with Crippen molar-refractivity contribution in [3.8, 4) is 0 Å². The Hall–Kier alpha value is -2.82. The van der Waals surface area contributed by atoms with Gasteiger partial charge < -0.3 is 15.2 Å². The van der Waals surface area contributed by atoms with E-state index in [1.807, 2.05) is 50.2 Å². The van der Waals surface area contributed by atoms with Crippen LogP contribution in [-0.2, 0) is 13.0 Å². The molecule has 3 aromatic rings. The lowest BCUT2D eigenvalue weighted by molar-refractivity contribution is 0.237. The normalized spacial score (nSPS) is 12.1. The molecule has 2 aromatic carbocycles. The standard InChI is InChI=1S/C21H26N4O/c1-16(12-13-18-8-4-3-5-9-18)23-21(26)22-14-15-25-17(2)24-19-10-6-7-11-20(19)25/h3-11,16H,12-15H2,1-2H3,(H2,22,23,26). The van der Waals surface area contributed by atoms with Gasteiger partial charge in [-0.25, -0.2) is 9.78 Å². The number of nitrogens with zero attached hydrogens (tertiary/aromatic N) is 2. The van der Waals surface area contributed by atoms with E-state index in [0.29, 0.717) is 13.1 Å². The summed E-state index contributed by atoms with van der Waals surface area (Å²) in [6.07, 6.45) is 1.88.